The van der Waals surface area contributed by atoms with E-state index in [1.54, 1.807) is 12.4 Å². The summed E-state index contributed by atoms with van der Waals surface area (Å²) in [5.41, 5.74) is 37.3. The molecule has 0 atom stereocenters. The standard InChI is InChI=1S/C56H36N4.C44H28N4.C38H24N4/c1-4-15-37(16-5-1)39-27-29-40(30-28-39)56-57-48-32-31-44(36-47(48)55(58-56)42-20-14-19-41(35-42)38-17-6-2-7-18-38)60-50-26-13-11-24-46(50)54-52(60)34-33-51-53(54)45-23-10-12-25-49(45)59(51)43-21-8-3-9-22-43;1-4-14-29(15-5-1)43-35-28-32(24-25-36(35)45-44(46-43)30-16-6-2-7-17-30)48-38-23-13-11-21-34(38)42-40(48)27-26-39-41(42)33-20-10-12-22-37(33)47(39)31-18-8-3-9-19-31;1-3-11-25(12-4-1)29-23-30-31(40-22-21-39-30)24-36(29)42-33-18-10-8-16-28(33)38-35(42)20-19-34-37(38)27-15-7-9-17-32(27)41(34)26-13-5-2-6-14-26/h1-36H;1-28H;1-24H. The van der Waals surface area contributed by atoms with Gasteiger partial charge in [0.05, 0.1) is 105 Å². The van der Waals surface area contributed by atoms with Crippen LogP contribution < -0.4 is 0 Å². The van der Waals surface area contributed by atoms with Crippen LogP contribution in [0.15, 0.2) is 534 Å². The molecule has 0 aliphatic rings. The minimum atomic E-state index is 0.698. The Kier molecular flexibility index (Phi) is 20.7. The van der Waals surface area contributed by atoms with E-state index >= 15 is 0 Å². The smallest absolute Gasteiger partial charge is 0.160 e. The Labute approximate surface area is 861 Å². The van der Waals surface area contributed by atoms with Crippen molar-refractivity contribution in [3.05, 3.63) is 534 Å². The van der Waals surface area contributed by atoms with Crippen molar-refractivity contribution in [1.82, 2.24) is 57.3 Å². The highest BCUT2D eigenvalue weighted by Gasteiger charge is 2.28. The van der Waals surface area contributed by atoms with Crippen molar-refractivity contribution < 1.29 is 0 Å². The van der Waals surface area contributed by atoms with E-state index in [1.807, 2.05) is 30.3 Å². The van der Waals surface area contributed by atoms with E-state index in [0.29, 0.717) is 5.82 Å². The second-order valence-electron chi connectivity index (χ2n) is 38.3. The SMILES string of the molecule is c1ccc(-c2cc3nccnc3cc2-n2c3ccccc3c3c4c5ccccc5n(-c5ccccc5)c4ccc32)cc1.c1ccc(-c2ccc(-c3nc(-c4cccc(-c5ccccc5)c4)c4cc(-n5c6ccccc6c6c7c8ccccc8n(-c8ccccc8)c7ccc65)ccc4n3)cc2)cc1.c1ccc(-c2nc(-c3ccccc3)c3cc(-n4c5ccccc5c5c6c7ccccc7n(-c7ccccc7)c6ccc54)ccc3n2)cc1. The molecule has 0 saturated heterocycles. The van der Waals surface area contributed by atoms with Gasteiger partial charge < -0.3 is 27.4 Å². The number of fused-ring (bicyclic) bond motifs is 24. The van der Waals surface area contributed by atoms with Crippen LogP contribution in [0.2, 0.25) is 0 Å². The molecule has 12 heteroatoms. The zero-order valence-corrected chi connectivity index (χ0v) is 81.2. The van der Waals surface area contributed by atoms with Crippen molar-refractivity contribution >= 4 is 164 Å². The first kappa shape index (κ1) is 86.3. The summed E-state index contributed by atoms with van der Waals surface area (Å²) in [5.74, 6) is 1.42. The van der Waals surface area contributed by atoms with Gasteiger partial charge in [-0.15, -0.1) is 0 Å². The Bertz CT molecular complexity index is 10800. The molecule has 0 amide bonds. The molecule has 31 aromatic rings. The molecule has 0 aliphatic heterocycles. The number of aromatic nitrogens is 12. The van der Waals surface area contributed by atoms with Gasteiger partial charge in [0.15, 0.2) is 11.6 Å². The van der Waals surface area contributed by atoms with E-state index in [4.69, 9.17) is 24.9 Å². The lowest BCUT2D eigenvalue weighted by atomic mass is 9.99. The van der Waals surface area contributed by atoms with Crippen molar-refractivity contribution in [2.45, 2.75) is 0 Å². The predicted octanol–water partition coefficient (Wildman–Crippen LogP) is 35.1. The number of benzene rings is 22. The van der Waals surface area contributed by atoms with Gasteiger partial charge in [0.1, 0.15) is 0 Å². The van der Waals surface area contributed by atoms with Crippen LogP contribution in [-0.4, -0.2) is 57.3 Å². The Morgan fingerprint density at radius 1 is 0.140 bits per heavy atom. The first-order valence-electron chi connectivity index (χ1n) is 50.9. The van der Waals surface area contributed by atoms with Gasteiger partial charge in [0.2, 0.25) is 0 Å². The lowest BCUT2D eigenvalue weighted by molar-refractivity contribution is 1.17. The Morgan fingerprint density at radius 2 is 0.407 bits per heavy atom. The number of para-hydroxylation sites is 9. The van der Waals surface area contributed by atoms with Gasteiger partial charge in [-0.2, -0.15) is 0 Å². The number of nitrogens with zero attached hydrogens (tertiary/aromatic N) is 12. The molecule has 0 spiro atoms. The summed E-state index contributed by atoms with van der Waals surface area (Å²) >= 11 is 0. The molecule has 9 heterocycles. The molecule has 0 saturated carbocycles. The Morgan fingerprint density at radius 3 is 0.787 bits per heavy atom. The molecule has 700 valence electrons. The molecular formula is C138H88N12. The maximum Gasteiger partial charge on any atom is 0.160 e. The molecule has 0 bridgehead atoms. The lowest BCUT2D eigenvalue weighted by Gasteiger charge is -2.15. The molecule has 0 fully saturated rings. The summed E-state index contributed by atoms with van der Waals surface area (Å²) in [6, 6.07) is 186. The maximum atomic E-state index is 5.41. The van der Waals surface area contributed by atoms with E-state index in [2.05, 4.69) is 524 Å². The van der Waals surface area contributed by atoms with Gasteiger partial charge in [-0.25, -0.2) is 19.9 Å². The van der Waals surface area contributed by atoms with Crippen LogP contribution in [0.1, 0.15) is 0 Å². The zero-order chi connectivity index (χ0) is 98.8. The summed E-state index contributed by atoms with van der Waals surface area (Å²) in [5, 5.41) is 17.0. The molecule has 0 aliphatic carbocycles. The van der Waals surface area contributed by atoms with Crippen molar-refractivity contribution in [3.63, 3.8) is 0 Å². The van der Waals surface area contributed by atoms with E-state index in [-0.39, 0.29) is 0 Å². The van der Waals surface area contributed by atoms with Crippen molar-refractivity contribution in [2.24, 2.45) is 0 Å². The van der Waals surface area contributed by atoms with Crippen LogP contribution >= 0.6 is 0 Å². The van der Waals surface area contributed by atoms with Gasteiger partial charge in [-0.05, 0) is 192 Å². The van der Waals surface area contributed by atoms with Gasteiger partial charge >= 0.3 is 0 Å². The van der Waals surface area contributed by atoms with Crippen LogP contribution in [-0.2, 0) is 0 Å². The third-order valence-corrected chi connectivity index (χ3v) is 29.8. The molecule has 150 heavy (non-hydrogen) atoms. The highest BCUT2D eigenvalue weighted by atomic mass is 15.0. The first-order valence-corrected chi connectivity index (χ1v) is 50.9. The quantitative estimate of drug-likeness (QED) is 0.114. The van der Waals surface area contributed by atoms with Crippen LogP contribution in [0.4, 0.5) is 0 Å². The van der Waals surface area contributed by atoms with E-state index in [0.717, 1.165) is 145 Å². The number of hydrogen-bond acceptors (Lipinski definition) is 6. The molecule has 0 N–H and O–H groups in total. The van der Waals surface area contributed by atoms with Crippen LogP contribution in [0.3, 0.4) is 0 Å². The van der Waals surface area contributed by atoms with Crippen molar-refractivity contribution in [3.8, 4) is 113 Å². The largest absolute Gasteiger partial charge is 0.309 e. The fourth-order valence-electron chi connectivity index (χ4n) is 23.3. The van der Waals surface area contributed by atoms with E-state index < -0.39 is 0 Å². The normalized spacial score (nSPS) is 11.7. The minimum Gasteiger partial charge on any atom is -0.309 e. The average Bonchev–Trinajstić information content (AvgIpc) is 1.53. The van der Waals surface area contributed by atoms with Crippen LogP contribution in [0, 0.1) is 0 Å². The lowest BCUT2D eigenvalue weighted by Crippen LogP contribution is -1.99. The fraction of sp³-hybridized carbons (Fsp3) is 0. The topological polar surface area (TPSA) is 107 Å². The van der Waals surface area contributed by atoms with Crippen molar-refractivity contribution in [2.75, 3.05) is 0 Å². The second-order valence-corrected chi connectivity index (χ2v) is 38.3. The third kappa shape index (κ3) is 14.4. The summed E-state index contributed by atoms with van der Waals surface area (Å²) in [4.78, 5) is 30.2. The minimum absolute atomic E-state index is 0.698. The van der Waals surface area contributed by atoms with Crippen LogP contribution in [0.5, 0.6) is 0 Å². The molecular weight excluding hydrogens is 1830 g/mol. The summed E-state index contributed by atoms with van der Waals surface area (Å²) in [7, 11) is 0. The third-order valence-electron chi connectivity index (χ3n) is 29.8. The molecule has 22 aromatic carbocycles. The monoisotopic (exact) mass is 1910 g/mol. The van der Waals surface area contributed by atoms with Gasteiger partial charge in [-0.1, -0.05) is 358 Å². The number of rotatable bonds is 13. The van der Waals surface area contributed by atoms with Crippen molar-refractivity contribution in [1.29, 1.82) is 0 Å². The first-order chi connectivity index (χ1) is 74.5. The Hall–Kier alpha value is -20.3. The molecule has 9 aromatic heterocycles. The summed E-state index contributed by atoms with van der Waals surface area (Å²) in [6.45, 7) is 0. The van der Waals surface area contributed by atoms with E-state index in [1.165, 1.54) is 125 Å². The number of hydrogen-bond donors (Lipinski definition) is 0. The van der Waals surface area contributed by atoms with Gasteiger partial charge in [0.25, 0.3) is 0 Å². The highest BCUT2D eigenvalue weighted by molar-refractivity contribution is 6.32. The van der Waals surface area contributed by atoms with E-state index in [9.17, 15) is 0 Å². The van der Waals surface area contributed by atoms with Crippen LogP contribution in [0.25, 0.3) is 276 Å². The molecule has 31 rings (SSSR count). The maximum absolute atomic E-state index is 5.41. The Balaban J connectivity index is 0.000000107. The zero-order valence-electron chi connectivity index (χ0n) is 81.2. The van der Waals surface area contributed by atoms with Gasteiger partial charge in [-0.3, -0.25) is 9.97 Å². The molecule has 0 unspecified atom stereocenters. The fourth-order valence-corrected chi connectivity index (χ4v) is 23.3. The predicted molar refractivity (Wildman–Crippen MR) is 623 cm³/mol. The average molecular weight is 1910 g/mol. The molecule has 0 radical (unpaired) electrons. The highest BCUT2D eigenvalue weighted by Crippen LogP contribution is 2.50. The molecule has 12 nitrogen and oxygen atoms in total. The summed E-state index contributed by atoms with van der Waals surface area (Å²) in [6.07, 6.45) is 3.53. The summed E-state index contributed by atoms with van der Waals surface area (Å²) < 4.78 is 14.4. The van der Waals surface area contributed by atoms with Gasteiger partial charge in [0, 0.05) is 144 Å². The second kappa shape index (κ2) is 35.9.